The fraction of sp³-hybridized carbons (Fsp3) is 0.700. The van der Waals surface area contributed by atoms with Gasteiger partial charge in [0.15, 0.2) is 11.5 Å². The van der Waals surface area contributed by atoms with E-state index in [2.05, 4.69) is 13.0 Å². The van der Waals surface area contributed by atoms with Gasteiger partial charge in [0.05, 0.1) is 12.7 Å². The Balaban J connectivity index is 1.71. The van der Waals surface area contributed by atoms with Gasteiger partial charge in [0.1, 0.15) is 0 Å². The zero-order valence-electron chi connectivity index (χ0n) is 14.2. The first-order valence-corrected chi connectivity index (χ1v) is 9.26. The maximum atomic E-state index is 10.4. The fourth-order valence-corrected chi connectivity index (χ4v) is 5.92. The highest BCUT2D eigenvalue weighted by Crippen LogP contribution is 2.57. The molecule has 126 valence electrons. The van der Waals surface area contributed by atoms with Crippen LogP contribution in [0.1, 0.15) is 56.6 Å². The van der Waals surface area contributed by atoms with Crippen molar-refractivity contribution in [3.63, 3.8) is 0 Å². The van der Waals surface area contributed by atoms with Gasteiger partial charge in [0.25, 0.3) is 0 Å². The zero-order chi connectivity index (χ0) is 16.1. The molecule has 0 radical (unpaired) electrons. The van der Waals surface area contributed by atoms with E-state index in [1.54, 1.807) is 0 Å². The number of aryl methyl sites for hydroxylation is 1. The summed E-state index contributed by atoms with van der Waals surface area (Å²) in [5.74, 6) is 3.93. The van der Waals surface area contributed by atoms with Crippen molar-refractivity contribution in [2.75, 3.05) is 6.61 Å². The Morgan fingerprint density at radius 1 is 1.17 bits per heavy atom. The molecule has 2 N–H and O–H groups in total. The molecule has 23 heavy (non-hydrogen) atoms. The number of phenols is 1. The van der Waals surface area contributed by atoms with Crippen molar-refractivity contribution >= 4 is 0 Å². The molecule has 4 rings (SSSR count). The van der Waals surface area contributed by atoms with Crippen molar-refractivity contribution in [3.8, 4) is 11.5 Å². The number of aromatic hydroxyl groups is 1. The molecular weight excluding hydrogens is 288 g/mol. The van der Waals surface area contributed by atoms with Crippen LogP contribution in [0.5, 0.6) is 11.5 Å². The zero-order valence-corrected chi connectivity index (χ0v) is 14.2. The quantitative estimate of drug-likeness (QED) is 0.871. The van der Waals surface area contributed by atoms with E-state index < -0.39 is 0 Å². The van der Waals surface area contributed by atoms with Crippen LogP contribution in [0, 0.1) is 23.7 Å². The predicted molar refractivity (Wildman–Crippen MR) is 89.8 cm³/mol. The first-order valence-electron chi connectivity index (χ1n) is 9.26. The van der Waals surface area contributed by atoms with Gasteiger partial charge in [0.2, 0.25) is 0 Å². The van der Waals surface area contributed by atoms with E-state index in [4.69, 9.17) is 4.74 Å². The lowest BCUT2D eigenvalue weighted by Gasteiger charge is -2.47. The van der Waals surface area contributed by atoms with Crippen LogP contribution in [0.25, 0.3) is 0 Å². The summed E-state index contributed by atoms with van der Waals surface area (Å²) >= 11 is 0. The Hall–Kier alpha value is -1.22. The minimum Gasteiger partial charge on any atom is -0.504 e. The molecule has 0 heterocycles. The summed E-state index contributed by atoms with van der Waals surface area (Å²) in [6.07, 6.45) is 5.48. The average molecular weight is 316 g/mol. The topological polar surface area (TPSA) is 49.7 Å². The first kappa shape index (κ1) is 15.3. The van der Waals surface area contributed by atoms with Crippen molar-refractivity contribution < 1.29 is 14.9 Å². The van der Waals surface area contributed by atoms with Gasteiger partial charge < -0.3 is 14.9 Å². The van der Waals surface area contributed by atoms with Gasteiger partial charge in [-0.1, -0.05) is 6.92 Å². The molecule has 3 nitrogen and oxygen atoms in total. The van der Waals surface area contributed by atoms with Gasteiger partial charge >= 0.3 is 0 Å². The largest absolute Gasteiger partial charge is 0.504 e. The Morgan fingerprint density at radius 3 is 2.78 bits per heavy atom. The van der Waals surface area contributed by atoms with E-state index in [0.717, 1.165) is 19.3 Å². The molecule has 2 fully saturated rings. The lowest BCUT2D eigenvalue weighted by molar-refractivity contribution is 0.0186. The number of benzene rings is 1. The molecule has 5 unspecified atom stereocenters. The number of phenolic OH excluding ortho intramolecular Hbond substituents is 1. The van der Waals surface area contributed by atoms with Crippen molar-refractivity contribution in [2.24, 2.45) is 23.7 Å². The summed E-state index contributed by atoms with van der Waals surface area (Å²) < 4.78 is 5.62. The van der Waals surface area contributed by atoms with E-state index in [9.17, 15) is 10.2 Å². The van der Waals surface area contributed by atoms with Crippen LogP contribution in [-0.2, 0) is 6.42 Å². The number of ether oxygens (including phenoxy) is 1. The molecule has 2 saturated carbocycles. The van der Waals surface area contributed by atoms with Gasteiger partial charge in [-0.3, -0.25) is 0 Å². The summed E-state index contributed by atoms with van der Waals surface area (Å²) in [5.41, 5.74) is 2.70. The van der Waals surface area contributed by atoms with Crippen LogP contribution >= 0.6 is 0 Å². The molecular formula is C20H28O3. The molecule has 0 bridgehead atoms. The summed E-state index contributed by atoms with van der Waals surface area (Å²) in [5, 5.41) is 20.6. The van der Waals surface area contributed by atoms with Gasteiger partial charge in [-0.25, -0.2) is 0 Å². The van der Waals surface area contributed by atoms with Crippen LogP contribution in [0.3, 0.4) is 0 Å². The summed E-state index contributed by atoms with van der Waals surface area (Å²) in [7, 11) is 0. The highest BCUT2D eigenvalue weighted by molar-refractivity contribution is 5.49. The molecule has 6 atom stereocenters. The van der Waals surface area contributed by atoms with E-state index >= 15 is 0 Å². The van der Waals surface area contributed by atoms with Crippen molar-refractivity contribution in [2.45, 2.75) is 58.0 Å². The summed E-state index contributed by atoms with van der Waals surface area (Å²) in [6, 6.07) is 4.03. The molecule has 3 heteroatoms. The number of rotatable bonds is 2. The molecule has 1 aromatic rings. The lowest BCUT2D eigenvalue weighted by Crippen LogP contribution is -2.41. The smallest absolute Gasteiger partial charge is 0.161 e. The molecule has 3 aliphatic carbocycles. The Bertz CT molecular complexity index is 597. The lowest BCUT2D eigenvalue weighted by atomic mass is 9.57. The number of aliphatic hydroxyl groups is 1. The molecule has 0 amide bonds. The van der Waals surface area contributed by atoms with Gasteiger partial charge in [0, 0.05) is 0 Å². The Morgan fingerprint density at radius 2 is 2.00 bits per heavy atom. The second-order valence-corrected chi connectivity index (χ2v) is 7.86. The monoisotopic (exact) mass is 316 g/mol. The van der Waals surface area contributed by atoms with Gasteiger partial charge in [-0.15, -0.1) is 0 Å². The normalized spacial score (nSPS) is 38.6. The van der Waals surface area contributed by atoms with Crippen LogP contribution in [-0.4, -0.2) is 22.9 Å². The van der Waals surface area contributed by atoms with Crippen LogP contribution in [0.2, 0.25) is 0 Å². The number of aliphatic hydroxyl groups excluding tert-OH is 1. The summed E-state index contributed by atoms with van der Waals surface area (Å²) in [4.78, 5) is 0. The highest BCUT2D eigenvalue weighted by Gasteiger charge is 2.50. The standard InChI is InChI=1S/C20H28O3/c1-3-23-19-10-15-12(9-18(19)22)4-5-13-14-6-7-17(21)20(14)11(2)8-16(13)15/h9-11,13-14,16-17,20-22H,3-8H2,1-2H3/t11?,13?,14?,16?,17-,20?/m0/s1. The van der Waals surface area contributed by atoms with Gasteiger partial charge in [-0.05, 0) is 91.9 Å². The Labute approximate surface area is 138 Å². The number of fused-ring (bicyclic) bond motifs is 5. The average Bonchev–Trinajstić information content (AvgIpc) is 2.91. The molecule has 0 aliphatic heterocycles. The minimum atomic E-state index is -0.0869. The van der Waals surface area contributed by atoms with Crippen molar-refractivity contribution in [3.05, 3.63) is 23.3 Å². The molecule has 0 saturated heterocycles. The third kappa shape index (κ3) is 2.36. The van der Waals surface area contributed by atoms with E-state index in [1.165, 1.54) is 24.0 Å². The number of hydrogen-bond donors (Lipinski definition) is 2. The maximum absolute atomic E-state index is 10.4. The SMILES string of the molecule is CCOc1cc2c(cc1O)CCC1C2CC(C)C2C1CC[C@@H]2O. The summed E-state index contributed by atoms with van der Waals surface area (Å²) in [6.45, 7) is 4.85. The van der Waals surface area contributed by atoms with E-state index in [0.29, 0.717) is 41.9 Å². The second-order valence-electron chi connectivity index (χ2n) is 7.86. The first-order chi connectivity index (χ1) is 11.1. The molecule has 0 aromatic heterocycles. The van der Waals surface area contributed by atoms with Crippen LogP contribution < -0.4 is 4.74 Å². The number of hydrogen-bond acceptors (Lipinski definition) is 3. The second kappa shape index (κ2) is 5.70. The highest BCUT2D eigenvalue weighted by atomic mass is 16.5. The van der Waals surface area contributed by atoms with E-state index in [1.807, 2.05) is 13.0 Å². The molecule has 1 aromatic carbocycles. The maximum Gasteiger partial charge on any atom is 0.161 e. The minimum absolute atomic E-state index is 0.0869. The van der Waals surface area contributed by atoms with Crippen molar-refractivity contribution in [1.29, 1.82) is 0 Å². The Kier molecular flexibility index (Phi) is 3.79. The van der Waals surface area contributed by atoms with Crippen LogP contribution in [0.15, 0.2) is 12.1 Å². The van der Waals surface area contributed by atoms with Crippen molar-refractivity contribution in [1.82, 2.24) is 0 Å². The third-order valence-corrected chi connectivity index (χ3v) is 6.75. The van der Waals surface area contributed by atoms with Crippen LogP contribution in [0.4, 0.5) is 0 Å². The fourth-order valence-electron chi connectivity index (χ4n) is 5.92. The van der Waals surface area contributed by atoms with Gasteiger partial charge in [-0.2, -0.15) is 0 Å². The molecule has 3 aliphatic rings. The van der Waals surface area contributed by atoms with E-state index in [-0.39, 0.29) is 11.9 Å². The predicted octanol–water partition coefficient (Wildman–Crippen LogP) is 3.86. The molecule has 0 spiro atoms. The third-order valence-electron chi connectivity index (χ3n) is 6.75.